The predicted octanol–water partition coefficient (Wildman–Crippen LogP) is 6.05. The number of carbonyl (C=O) groups is 3. The van der Waals surface area contributed by atoms with Gasteiger partial charge in [-0.15, -0.1) is 0 Å². The molecule has 1 N–H and O–H groups in total. The Morgan fingerprint density at radius 1 is 1.00 bits per heavy atom. The molecule has 1 aliphatic rings. The van der Waals surface area contributed by atoms with Crippen molar-refractivity contribution in [1.29, 1.82) is 0 Å². The lowest BCUT2D eigenvalue weighted by Gasteiger charge is -2.26. The summed E-state index contributed by atoms with van der Waals surface area (Å²) in [6.45, 7) is 3.88. The van der Waals surface area contributed by atoms with Gasteiger partial charge in [0.2, 0.25) is 0 Å². The maximum Gasteiger partial charge on any atom is 0.310 e. The molecule has 10 heteroatoms. The van der Waals surface area contributed by atoms with E-state index in [0.717, 1.165) is 5.56 Å². The molecule has 8 nitrogen and oxygen atoms in total. The second-order valence-corrected chi connectivity index (χ2v) is 9.80. The first-order chi connectivity index (χ1) is 19.1. The lowest BCUT2D eigenvalue weighted by atomic mass is 9.94. The lowest BCUT2D eigenvalue weighted by molar-refractivity contribution is -0.142. The number of esters is 1. The van der Waals surface area contributed by atoms with Gasteiger partial charge in [0.15, 0.2) is 11.5 Å². The zero-order valence-electron chi connectivity index (χ0n) is 22.3. The van der Waals surface area contributed by atoms with Gasteiger partial charge in [-0.2, -0.15) is 0 Å². The van der Waals surface area contributed by atoms with E-state index in [-0.39, 0.29) is 51.7 Å². The molecule has 208 valence electrons. The van der Waals surface area contributed by atoms with Crippen LogP contribution in [0.15, 0.2) is 60.2 Å². The smallest absolute Gasteiger partial charge is 0.310 e. The fourth-order valence-electron chi connectivity index (χ4n) is 4.70. The Kier molecular flexibility index (Phi) is 8.71. The third-order valence-electron chi connectivity index (χ3n) is 6.47. The fourth-order valence-corrected chi connectivity index (χ4v) is 5.39. The second kappa shape index (κ2) is 12.0. The molecule has 1 fully saturated rings. The summed E-state index contributed by atoms with van der Waals surface area (Å²) >= 11 is 12.8. The number of nitrogens with zero attached hydrogens (tertiary/aromatic N) is 1. The molecule has 1 atom stereocenters. The van der Waals surface area contributed by atoms with Crippen LogP contribution in [0.3, 0.4) is 0 Å². The minimum Gasteiger partial charge on any atom is -0.507 e. The number of anilines is 1. The van der Waals surface area contributed by atoms with Gasteiger partial charge in [-0.05, 0) is 43.2 Å². The third-order valence-corrected chi connectivity index (χ3v) is 7.09. The van der Waals surface area contributed by atoms with Gasteiger partial charge >= 0.3 is 5.97 Å². The number of amides is 1. The second-order valence-electron chi connectivity index (χ2n) is 9.02. The van der Waals surface area contributed by atoms with Crippen LogP contribution in [0.5, 0.6) is 11.5 Å². The van der Waals surface area contributed by atoms with Crippen LogP contribution in [-0.2, 0) is 25.5 Å². The van der Waals surface area contributed by atoms with Gasteiger partial charge in [0, 0.05) is 5.69 Å². The van der Waals surface area contributed by atoms with Crippen LogP contribution in [0.1, 0.15) is 35.2 Å². The lowest BCUT2D eigenvalue weighted by Crippen LogP contribution is -2.29. The van der Waals surface area contributed by atoms with E-state index in [1.54, 1.807) is 43.3 Å². The SMILES string of the molecule is CCOC(=O)Cc1ccc(N2C(=O)C(=O)/C(=C(/O)c3cc(Cl)c(OC)c(Cl)c3OC)C2c2cccc(C)c2)cc1. The molecule has 1 amide bonds. The Labute approximate surface area is 241 Å². The van der Waals surface area contributed by atoms with Crippen molar-refractivity contribution in [3.63, 3.8) is 0 Å². The average molecular weight is 584 g/mol. The highest BCUT2D eigenvalue weighted by Gasteiger charge is 2.47. The highest BCUT2D eigenvalue weighted by molar-refractivity contribution is 6.52. The maximum absolute atomic E-state index is 13.5. The van der Waals surface area contributed by atoms with Crippen LogP contribution in [0.4, 0.5) is 5.69 Å². The quantitative estimate of drug-likeness (QED) is 0.149. The van der Waals surface area contributed by atoms with Gasteiger partial charge in [-0.3, -0.25) is 19.3 Å². The van der Waals surface area contributed by atoms with Crippen LogP contribution in [0.25, 0.3) is 5.76 Å². The summed E-state index contributed by atoms with van der Waals surface area (Å²) in [5.41, 5.74) is 2.43. The van der Waals surface area contributed by atoms with Crippen LogP contribution in [0.2, 0.25) is 10.0 Å². The summed E-state index contributed by atoms with van der Waals surface area (Å²) in [5.74, 6) is -2.45. The summed E-state index contributed by atoms with van der Waals surface area (Å²) in [4.78, 5) is 40.3. The van der Waals surface area contributed by atoms with Crippen molar-refractivity contribution in [3.8, 4) is 11.5 Å². The standard InChI is InChI=1S/C30H27Cl2NO7/c1-5-40-22(34)14-17-9-11-19(12-10-17)33-25(18-8-6-7-16(2)13-18)23(27(36)30(33)37)26(35)20-15-21(31)29(39-4)24(32)28(20)38-3/h6-13,15,25,35H,5,14H2,1-4H3/b26-23+. The van der Waals surface area contributed by atoms with Gasteiger partial charge in [0.05, 0.1) is 49.4 Å². The molecule has 40 heavy (non-hydrogen) atoms. The van der Waals surface area contributed by atoms with Crippen molar-refractivity contribution in [2.75, 3.05) is 25.7 Å². The first kappa shape index (κ1) is 29.0. The number of aryl methyl sites for hydroxylation is 1. The molecule has 0 bridgehead atoms. The molecule has 0 radical (unpaired) electrons. The number of Topliss-reactive ketones (excluding diaryl/α,β-unsaturated/α-hetero) is 1. The zero-order chi connectivity index (χ0) is 29.1. The first-order valence-electron chi connectivity index (χ1n) is 12.3. The molecular formula is C30H27Cl2NO7. The molecule has 0 aliphatic carbocycles. The summed E-state index contributed by atoms with van der Waals surface area (Å²) < 4.78 is 15.7. The van der Waals surface area contributed by atoms with E-state index in [1.165, 1.54) is 25.2 Å². The molecule has 3 aromatic carbocycles. The van der Waals surface area contributed by atoms with E-state index < -0.39 is 23.5 Å². The Bertz CT molecular complexity index is 1520. The molecule has 1 heterocycles. The number of hydrogen-bond acceptors (Lipinski definition) is 7. The van der Waals surface area contributed by atoms with Crippen molar-refractivity contribution >= 4 is 52.3 Å². The van der Waals surface area contributed by atoms with Gasteiger partial charge in [0.25, 0.3) is 11.7 Å². The number of ketones is 1. The third kappa shape index (κ3) is 5.37. The summed E-state index contributed by atoms with van der Waals surface area (Å²) in [6, 6.07) is 14.3. The molecule has 1 aliphatic heterocycles. The zero-order valence-corrected chi connectivity index (χ0v) is 23.8. The van der Waals surface area contributed by atoms with Crippen molar-refractivity contribution in [2.24, 2.45) is 0 Å². The van der Waals surface area contributed by atoms with Crippen molar-refractivity contribution < 1.29 is 33.7 Å². The Balaban J connectivity index is 1.90. The van der Waals surface area contributed by atoms with E-state index in [0.29, 0.717) is 16.8 Å². The first-order valence-corrected chi connectivity index (χ1v) is 13.1. The average Bonchev–Trinajstić information content (AvgIpc) is 3.19. The van der Waals surface area contributed by atoms with Gasteiger partial charge < -0.3 is 19.3 Å². The summed E-state index contributed by atoms with van der Waals surface area (Å²) in [5, 5.41) is 11.7. The van der Waals surface area contributed by atoms with Gasteiger partial charge in [0.1, 0.15) is 10.8 Å². The highest BCUT2D eigenvalue weighted by atomic mass is 35.5. The molecule has 1 saturated heterocycles. The Hall–Kier alpha value is -4.01. The normalized spacial score (nSPS) is 16.2. The van der Waals surface area contributed by atoms with Crippen molar-refractivity contribution in [1.82, 2.24) is 0 Å². The van der Waals surface area contributed by atoms with Gasteiger partial charge in [-0.1, -0.05) is 65.2 Å². The Morgan fingerprint density at radius 3 is 2.27 bits per heavy atom. The van der Waals surface area contributed by atoms with E-state index >= 15 is 0 Å². The predicted molar refractivity (Wildman–Crippen MR) is 152 cm³/mol. The van der Waals surface area contributed by atoms with Crippen LogP contribution < -0.4 is 14.4 Å². The molecule has 4 rings (SSSR count). The Morgan fingerprint density at radius 2 is 1.68 bits per heavy atom. The number of methoxy groups -OCH3 is 2. The number of carbonyl (C=O) groups excluding carboxylic acids is 3. The van der Waals surface area contributed by atoms with Crippen molar-refractivity contribution in [3.05, 3.63) is 92.5 Å². The van der Waals surface area contributed by atoms with Gasteiger partial charge in [-0.25, -0.2) is 0 Å². The highest BCUT2D eigenvalue weighted by Crippen LogP contribution is 2.48. The van der Waals surface area contributed by atoms with E-state index in [1.807, 2.05) is 19.1 Å². The number of rotatable bonds is 8. The number of aliphatic hydroxyl groups excluding tert-OH is 1. The van der Waals surface area contributed by atoms with Crippen LogP contribution >= 0.6 is 23.2 Å². The number of ether oxygens (including phenoxy) is 3. The van der Waals surface area contributed by atoms with E-state index in [2.05, 4.69) is 0 Å². The molecule has 0 saturated carbocycles. The van der Waals surface area contributed by atoms with Crippen molar-refractivity contribution in [2.45, 2.75) is 26.3 Å². The fraction of sp³-hybridized carbons (Fsp3) is 0.233. The molecule has 3 aromatic rings. The monoisotopic (exact) mass is 583 g/mol. The topological polar surface area (TPSA) is 102 Å². The minimum absolute atomic E-state index is 0.00225. The van der Waals surface area contributed by atoms with E-state index in [9.17, 15) is 19.5 Å². The van der Waals surface area contributed by atoms with E-state index in [4.69, 9.17) is 37.4 Å². The minimum atomic E-state index is -0.986. The number of halogens is 2. The molecule has 1 unspecified atom stereocenters. The number of hydrogen-bond donors (Lipinski definition) is 1. The van der Waals surface area contributed by atoms with Crippen LogP contribution in [-0.4, -0.2) is 43.6 Å². The molecule has 0 aromatic heterocycles. The molecular weight excluding hydrogens is 557 g/mol. The maximum atomic E-state index is 13.5. The summed E-state index contributed by atoms with van der Waals surface area (Å²) in [6.07, 6.45) is 0.0625. The molecule has 0 spiro atoms. The van der Waals surface area contributed by atoms with Crippen LogP contribution in [0, 0.1) is 6.92 Å². The number of aliphatic hydroxyl groups is 1. The number of benzene rings is 3. The summed E-state index contributed by atoms with van der Waals surface area (Å²) in [7, 11) is 2.73. The largest absolute Gasteiger partial charge is 0.507 e.